The number of primary amides is 1. The summed E-state index contributed by atoms with van der Waals surface area (Å²) in [6.07, 6.45) is 2.58. The van der Waals surface area contributed by atoms with Crippen LogP contribution in [0.5, 0.6) is 0 Å². The van der Waals surface area contributed by atoms with Gasteiger partial charge in [0.25, 0.3) is 23.4 Å². The summed E-state index contributed by atoms with van der Waals surface area (Å²) in [4.78, 5) is 109. The molecule has 0 saturated carbocycles. The van der Waals surface area contributed by atoms with Gasteiger partial charge < -0.3 is 56.5 Å². The van der Waals surface area contributed by atoms with Crippen molar-refractivity contribution in [2.24, 2.45) is 10.9 Å². The number of fused-ring (bicyclic) bond motifs is 2. The Morgan fingerprint density at radius 1 is 1.03 bits per heavy atom. The zero-order chi connectivity index (χ0) is 47.4. The van der Waals surface area contributed by atoms with Crippen LogP contribution in [0.25, 0.3) is 0 Å². The number of methoxy groups -OCH3 is 1. The number of ether oxygens (including phenoxy) is 2. The van der Waals surface area contributed by atoms with E-state index in [4.69, 9.17) is 21.0 Å². The minimum absolute atomic E-state index is 0.0265. The Bertz CT molecular complexity index is 2510. The molecule has 8 N–H and O–H groups in total. The number of nitrogens with zero attached hydrogens (tertiary/aromatic N) is 5. The van der Waals surface area contributed by atoms with E-state index in [-0.39, 0.29) is 58.8 Å². The highest BCUT2D eigenvalue weighted by Crippen LogP contribution is 2.47. The van der Waals surface area contributed by atoms with Gasteiger partial charge >= 0.3 is 18.0 Å². The van der Waals surface area contributed by atoms with Crippen molar-refractivity contribution in [2.75, 3.05) is 31.0 Å². The summed E-state index contributed by atoms with van der Waals surface area (Å²) in [5.74, 6) is -6.32. The lowest BCUT2D eigenvalue weighted by atomic mass is 9.98. The number of aromatic nitrogens is 2. The molecule has 0 aromatic carbocycles. The van der Waals surface area contributed by atoms with E-state index in [1.54, 1.807) is 35.2 Å². The molecule has 5 amide bonds. The number of carbonyl (C=O) groups excluding carboxylic acids is 6. The molecule has 0 bridgehead atoms. The smallest absolute Gasteiger partial charge is 0.404 e. The average Bonchev–Trinajstić information content (AvgIpc) is 3.95. The van der Waals surface area contributed by atoms with Crippen molar-refractivity contribution in [3.8, 4) is 0 Å². The Kier molecular flexibility index (Phi) is 14.5. The molecule has 2 saturated heterocycles. The number of hydrogen-bond acceptors (Lipinski definition) is 19. The number of thiazole rings is 1. The maximum absolute atomic E-state index is 13.1. The average molecular weight is 974 g/mol. The highest BCUT2D eigenvalue weighted by molar-refractivity contribution is 8.00. The molecule has 0 spiro atoms. The molecule has 7 heterocycles. The summed E-state index contributed by atoms with van der Waals surface area (Å²) >= 11 is 4.92. The van der Waals surface area contributed by atoms with Gasteiger partial charge in [-0.05, 0) is 25.3 Å². The van der Waals surface area contributed by atoms with E-state index >= 15 is 0 Å². The van der Waals surface area contributed by atoms with E-state index < -0.39 is 75.7 Å². The number of carboxylic acids is 3. The molecule has 344 valence electrons. The van der Waals surface area contributed by atoms with E-state index in [0.29, 0.717) is 11.3 Å². The molecular weight excluding hydrogens is 935 g/mol. The summed E-state index contributed by atoms with van der Waals surface area (Å²) in [6.45, 7) is 2.40. The molecule has 27 heteroatoms. The summed E-state index contributed by atoms with van der Waals surface area (Å²) in [5.41, 5.74) is 7.03. The molecular formula is C38H39N9O14S4. The first-order chi connectivity index (χ1) is 30.8. The number of anilines is 1. The molecule has 4 aliphatic rings. The van der Waals surface area contributed by atoms with Crippen LogP contribution in [-0.2, 0) is 60.8 Å². The number of rotatable bonds is 16. The number of nitrogen functional groups attached to an aromatic ring is 1. The molecule has 0 aliphatic carbocycles. The molecule has 4 aliphatic heterocycles. The van der Waals surface area contributed by atoms with E-state index in [9.17, 15) is 53.7 Å². The van der Waals surface area contributed by atoms with Crippen LogP contribution < -0.4 is 31.8 Å². The van der Waals surface area contributed by atoms with Crippen molar-refractivity contribution in [3.63, 3.8) is 0 Å². The summed E-state index contributed by atoms with van der Waals surface area (Å²) in [5, 5.41) is 41.6. The number of amides is 5. The van der Waals surface area contributed by atoms with E-state index in [1.165, 1.54) is 61.2 Å². The van der Waals surface area contributed by atoms with E-state index in [1.807, 2.05) is 17.5 Å². The molecule has 0 radical (unpaired) electrons. The number of carbonyl (C=O) groups is 8. The highest BCUT2D eigenvalue weighted by atomic mass is 32.2. The number of aliphatic carboxylic acids is 3. The van der Waals surface area contributed by atoms with Gasteiger partial charge in [0.1, 0.15) is 34.8 Å². The van der Waals surface area contributed by atoms with Crippen LogP contribution in [0.15, 0.2) is 81.2 Å². The van der Waals surface area contributed by atoms with Crippen molar-refractivity contribution in [3.05, 3.63) is 86.6 Å². The molecule has 23 nitrogen and oxygen atoms in total. The summed E-state index contributed by atoms with van der Waals surface area (Å²) in [7, 11) is 1.27. The fourth-order valence-corrected chi connectivity index (χ4v) is 10.6. The zero-order valence-electron chi connectivity index (χ0n) is 34.3. The number of thiophene rings is 1. The number of hydrogen-bond donors (Lipinski definition) is 6. The third-order valence-electron chi connectivity index (χ3n) is 9.80. The quantitative estimate of drug-likeness (QED) is 0.0323. The first-order valence-corrected chi connectivity index (χ1v) is 22.7. The number of nitrogens with two attached hydrogens (primary N) is 2. The third kappa shape index (κ3) is 10.1. The van der Waals surface area contributed by atoms with Crippen molar-refractivity contribution in [1.29, 1.82) is 0 Å². The Labute approximate surface area is 384 Å². The van der Waals surface area contributed by atoms with Gasteiger partial charge in [0.2, 0.25) is 11.5 Å². The Balaban J connectivity index is 0.000000224. The zero-order valence-corrected chi connectivity index (χ0v) is 37.5. The molecule has 3 aromatic rings. The minimum atomic E-state index is -1.75. The summed E-state index contributed by atoms with van der Waals surface area (Å²) < 4.78 is 11.8. The maximum atomic E-state index is 13.1. The molecule has 4 atom stereocenters. The fourth-order valence-electron chi connectivity index (χ4n) is 6.60. The van der Waals surface area contributed by atoms with Gasteiger partial charge in [-0.1, -0.05) is 17.3 Å². The number of pyridine rings is 1. The highest BCUT2D eigenvalue weighted by Gasteiger charge is 2.66. The lowest BCUT2D eigenvalue weighted by molar-refractivity contribution is -0.689. The SMILES string of the molecule is CC(C)(O/N=C(\C(=O)N[C@@H]1C(=O)N2C(C(=O)[O-])=C(C[n+]3ccccc3)CS[C@H]12)c1csc(N)n1)C(=O)O.CO[C@@]1(NC(=O)Cc2cccs2)C(=O)N2C(C(=O)O)=C(COC(N)=O)CS[C@@H]21. The summed E-state index contributed by atoms with van der Waals surface area (Å²) in [6, 6.07) is 7.97. The van der Waals surface area contributed by atoms with Gasteiger partial charge in [-0.15, -0.1) is 46.2 Å². The lowest BCUT2D eigenvalue weighted by Crippen LogP contribution is -2.80. The van der Waals surface area contributed by atoms with Crippen LogP contribution in [0.1, 0.15) is 24.4 Å². The Morgan fingerprint density at radius 3 is 2.32 bits per heavy atom. The van der Waals surface area contributed by atoms with Crippen LogP contribution in [0.2, 0.25) is 0 Å². The largest absolute Gasteiger partial charge is 0.543 e. The lowest BCUT2D eigenvalue weighted by Gasteiger charge is -2.55. The van der Waals surface area contributed by atoms with E-state index in [0.717, 1.165) is 26.0 Å². The van der Waals surface area contributed by atoms with E-state index in [2.05, 4.69) is 25.5 Å². The molecule has 2 fully saturated rings. The number of nitrogens with one attached hydrogen (secondary N) is 2. The predicted molar refractivity (Wildman–Crippen MR) is 229 cm³/mol. The van der Waals surface area contributed by atoms with Crippen LogP contribution in [0, 0.1) is 0 Å². The topological polar surface area (TPSA) is 339 Å². The third-order valence-corrected chi connectivity index (χ3v) is 14.1. The molecule has 65 heavy (non-hydrogen) atoms. The first kappa shape index (κ1) is 47.9. The van der Waals surface area contributed by atoms with Crippen molar-refractivity contribution in [2.45, 2.75) is 54.9 Å². The second-order valence-electron chi connectivity index (χ2n) is 14.5. The Morgan fingerprint density at radius 2 is 1.74 bits per heavy atom. The van der Waals surface area contributed by atoms with Gasteiger partial charge in [0.15, 0.2) is 29.8 Å². The second-order valence-corrected chi connectivity index (χ2v) is 18.6. The normalized spacial score (nSPS) is 21.4. The first-order valence-electron chi connectivity index (χ1n) is 18.8. The van der Waals surface area contributed by atoms with Crippen molar-refractivity contribution < 1.29 is 72.6 Å². The molecule has 7 rings (SSSR count). The van der Waals surface area contributed by atoms with Crippen molar-refractivity contribution >= 4 is 105 Å². The van der Waals surface area contributed by atoms with Crippen LogP contribution >= 0.6 is 46.2 Å². The second kappa shape index (κ2) is 19.7. The van der Waals surface area contributed by atoms with Gasteiger partial charge in [-0.25, -0.2) is 23.9 Å². The Hall–Kier alpha value is -6.55. The monoisotopic (exact) mass is 973 g/mol. The number of carboxylic acid groups (broad SMARTS) is 3. The molecule has 3 aromatic heterocycles. The minimum Gasteiger partial charge on any atom is -0.543 e. The maximum Gasteiger partial charge on any atom is 0.404 e. The van der Waals surface area contributed by atoms with Crippen LogP contribution in [0.3, 0.4) is 0 Å². The van der Waals surface area contributed by atoms with Gasteiger partial charge in [0.05, 0.1) is 18.1 Å². The standard InChI is InChI=1S/C22H22N6O7S2.C16H17N3O7S2/c1-22(2,20(33)34)35-26-13(12-10-37-21(23)24-12)16(29)25-14-17(30)28-15(19(31)32)11(9-36-18(14)28)8-27-6-4-3-5-7-27;1-25-16(18-10(20)5-9-3-2-4-27-9)13(23)19-11(12(21)22)8(6-26-15(17)24)7-28-14(16)19/h3-7,10,14,18H,8-9H2,1-2H3,(H4-,23,24,25,29,31,32,33,34);2-4,14H,5-7H2,1H3,(H2,17,24)(H,18,20)(H,21,22)/b26-13-;/t14-,18-;14-,16+/m11/s1. The van der Waals surface area contributed by atoms with Crippen molar-refractivity contribution in [1.82, 2.24) is 25.4 Å². The van der Waals surface area contributed by atoms with Gasteiger partial charge in [0, 0.05) is 52.2 Å². The van der Waals surface area contributed by atoms with Gasteiger partial charge in [-0.2, -0.15) is 0 Å². The number of thioether (sulfide) groups is 2. The van der Waals surface area contributed by atoms with Gasteiger partial charge in [-0.3, -0.25) is 29.0 Å². The predicted octanol–water partition coefficient (Wildman–Crippen LogP) is -1.20. The van der Waals surface area contributed by atoms with Crippen LogP contribution in [0.4, 0.5) is 9.93 Å². The molecule has 0 unspecified atom stereocenters. The number of oxime groups is 1. The van der Waals surface area contributed by atoms with Crippen LogP contribution in [-0.4, -0.2) is 132 Å². The fraction of sp³-hybridized carbons (Fsp3) is 0.342. The number of β-lactam (4-membered cyclic amide) rings is 2.